The summed E-state index contributed by atoms with van der Waals surface area (Å²) in [6, 6.07) is 16.5. The van der Waals surface area contributed by atoms with Crippen LogP contribution in [0.1, 0.15) is 40.7 Å². The third-order valence-corrected chi connectivity index (χ3v) is 3.49. The molecular formula is C18H17N3O3. The summed E-state index contributed by atoms with van der Waals surface area (Å²) in [4.78, 5) is 15.4. The minimum atomic E-state index is -0.475. The lowest BCUT2D eigenvalue weighted by Crippen LogP contribution is -2.10. The van der Waals surface area contributed by atoms with Crippen molar-refractivity contribution in [3.05, 3.63) is 77.4 Å². The highest BCUT2D eigenvalue weighted by Gasteiger charge is 2.16. The molecule has 0 aliphatic carbocycles. The summed E-state index contributed by atoms with van der Waals surface area (Å²) in [5, 5.41) is 3.98. The average molecular weight is 323 g/mol. The highest BCUT2D eigenvalue weighted by molar-refractivity contribution is 5.92. The zero-order chi connectivity index (χ0) is 16.9. The van der Waals surface area contributed by atoms with Crippen molar-refractivity contribution in [3.63, 3.8) is 0 Å². The van der Waals surface area contributed by atoms with E-state index in [9.17, 15) is 4.79 Å². The van der Waals surface area contributed by atoms with E-state index in [0.29, 0.717) is 29.4 Å². The first-order valence-corrected chi connectivity index (χ1v) is 7.55. The minimum absolute atomic E-state index is 0.401. The highest BCUT2D eigenvalue weighted by Crippen LogP contribution is 2.21. The summed E-state index contributed by atoms with van der Waals surface area (Å²) in [6.07, 6.45) is 0.200. The lowest BCUT2D eigenvalue weighted by Gasteiger charge is -2.10. The van der Waals surface area contributed by atoms with Crippen molar-refractivity contribution in [1.82, 2.24) is 10.1 Å². The van der Waals surface area contributed by atoms with Gasteiger partial charge in [-0.2, -0.15) is 4.98 Å². The number of hydrogen-bond acceptors (Lipinski definition) is 5. The second-order valence-corrected chi connectivity index (χ2v) is 5.36. The molecule has 1 aromatic heterocycles. The van der Waals surface area contributed by atoms with Crippen LogP contribution < -0.4 is 10.5 Å². The molecule has 1 amide bonds. The van der Waals surface area contributed by atoms with Crippen LogP contribution in [0.4, 0.5) is 0 Å². The number of primary amides is 1. The van der Waals surface area contributed by atoms with Crippen LogP contribution in [0.5, 0.6) is 5.75 Å². The SMILES string of the molecule is C[C@H](Oc1ccc(C(N)=O)cc1)c1nc(Cc2ccccc2)no1. The lowest BCUT2D eigenvalue weighted by molar-refractivity contribution is 0.1000. The van der Waals surface area contributed by atoms with E-state index < -0.39 is 12.0 Å². The Morgan fingerprint density at radius 1 is 1.17 bits per heavy atom. The number of aromatic nitrogens is 2. The second-order valence-electron chi connectivity index (χ2n) is 5.36. The number of carbonyl (C=O) groups excluding carboxylic acids is 1. The Labute approximate surface area is 139 Å². The van der Waals surface area contributed by atoms with Gasteiger partial charge in [0.15, 0.2) is 11.9 Å². The van der Waals surface area contributed by atoms with Gasteiger partial charge in [0.1, 0.15) is 5.75 Å². The lowest BCUT2D eigenvalue weighted by atomic mass is 10.1. The van der Waals surface area contributed by atoms with Crippen LogP contribution >= 0.6 is 0 Å². The maximum atomic E-state index is 11.1. The Kier molecular flexibility index (Phi) is 4.56. The quantitative estimate of drug-likeness (QED) is 0.753. The largest absolute Gasteiger partial charge is 0.481 e. The van der Waals surface area contributed by atoms with E-state index in [1.165, 1.54) is 0 Å². The predicted molar refractivity (Wildman–Crippen MR) is 87.5 cm³/mol. The van der Waals surface area contributed by atoms with Gasteiger partial charge in [0, 0.05) is 12.0 Å². The first kappa shape index (κ1) is 15.7. The van der Waals surface area contributed by atoms with Gasteiger partial charge >= 0.3 is 0 Å². The molecule has 0 spiro atoms. The van der Waals surface area contributed by atoms with E-state index in [4.69, 9.17) is 15.0 Å². The minimum Gasteiger partial charge on any atom is -0.481 e. The fourth-order valence-corrected chi connectivity index (χ4v) is 2.24. The number of carbonyl (C=O) groups is 1. The van der Waals surface area contributed by atoms with E-state index in [1.54, 1.807) is 24.3 Å². The fourth-order valence-electron chi connectivity index (χ4n) is 2.24. The highest BCUT2D eigenvalue weighted by atomic mass is 16.5. The van der Waals surface area contributed by atoms with Gasteiger partial charge in [-0.05, 0) is 36.8 Å². The predicted octanol–water partition coefficient (Wildman–Crippen LogP) is 2.90. The monoisotopic (exact) mass is 323 g/mol. The van der Waals surface area contributed by atoms with Crippen molar-refractivity contribution < 1.29 is 14.1 Å². The topological polar surface area (TPSA) is 91.2 Å². The summed E-state index contributed by atoms with van der Waals surface area (Å²) in [5.41, 5.74) is 6.75. The van der Waals surface area contributed by atoms with Crippen LogP contribution in [0.3, 0.4) is 0 Å². The second kappa shape index (κ2) is 6.95. The van der Waals surface area contributed by atoms with Crippen molar-refractivity contribution in [2.45, 2.75) is 19.4 Å². The van der Waals surface area contributed by atoms with Crippen LogP contribution in [-0.4, -0.2) is 16.0 Å². The molecule has 6 heteroatoms. The zero-order valence-corrected chi connectivity index (χ0v) is 13.2. The maximum Gasteiger partial charge on any atom is 0.267 e. The Balaban J connectivity index is 1.65. The summed E-state index contributed by atoms with van der Waals surface area (Å²) >= 11 is 0. The molecule has 122 valence electrons. The molecule has 6 nitrogen and oxygen atoms in total. The van der Waals surface area contributed by atoms with Gasteiger partial charge in [-0.25, -0.2) is 0 Å². The van der Waals surface area contributed by atoms with E-state index in [2.05, 4.69) is 10.1 Å². The first-order chi connectivity index (χ1) is 11.6. The molecule has 0 fully saturated rings. The van der Waals surface area contributed by atoms with Crippen molar-refractivity contribution in [1.29, 1.82) is 0 Å². The summed E-state index contributed by atoms with van der Waals surface area (Å²) in [5.74, 6) is 1.13. The van der Waals surface area contributed by atoms with Crippen LogP contribution in [0.25, 0.3) is 0 Å². The zero-order valence-electron chi connectivity index (χ0n) is 13.2. The van der Waals surface area contributed by atoms with E-state index in [-0.39, 0.29) is 0 Å². The Morgan fingerprint density at radius 2 is 1.88 bits per heavy atom. The molecule has 0 aliphatic rings. The van der Waals surface area contributed by atoms with Crippen LogP contribution in [0.2, 0.25) is 0 Å². The molecule has 3 aromatic rings. The molecule has 2 aromatic carbocycles. The van der Waals surface area contributed by atoms with E-state index in [1.807, 2.05) is 37.3 Å². The van der Waals surface area contributed by atoms with Crippen LogP contribution in [-0.2, 0) is 6.42 Å². The summed E-state index contributed by atoms with van der Waals surface area (Å²) in [6.45, 7) is 1.82. The fraction of sp³-hybridized carbons (Fsp3) is 0.167. The molecule has 24 heavy (non-hydrogen) atoms. The van der Waals surface area contributed by atoms with Gasteiger partial charge in [0.2, 0.25) is 5.91 Å². The molecule has 0 aliphatic heterocycles. The number of rotatable bonds is 6. The number of benzene rings is 2. The molecule has 0 bridgehead atoms. The molecule has 1 heterocycles. The smallest absolute Gasteiger partial charge is 0.267 e. The Hall–Kier alpha value is -3.15. The molecule has 0 unspecified atom stereocenters. The molecule has 0 radical (unpaired) electrons. The van der Waals surface area contributed by atoms with Crippen molar-refractivity contribution in [3.8, 4) is 5.75 Å². The molecule has 0 saturated heterocycles. The van der Waals surface area contributed by atoms with E-state index in [0.717, 1.165) is 5.56 Å². The maximum absolute atomic E-state index is 11.1. The average Bonchev–Trinajstić information content (AvgIpc) is 3.05. The van der Waals surface area contributed by atoms with Gasteiger partial charge in [0.05, 0.1) is 0 Å². The Bertz CT molecular complexity index is 813. The number of nitrogens with two attached hydrogens (primary N) is 1. The molecule has 3 rings (SSSR count). The third kappa shape index (κ3) is 3.78. The molecule has 0 saturated carbocycles. The van der Waals surface area contributed by atoms with Crippen molar-refractivity contribution in [2.75, 3.05) is 0 Å². The van der Waals surface area contributed by atoms with Gasteiger partial charge in [-0.15, -0.1) is 0 Å². The standard InChI is InChI=1S/C18H17N3O3/c1-12(23-15-9-7-14(8-10-15)17(19)22)18-20-16(21-24-18)11-13-5-3-2-4-6-13/h2-10,12H,11H2,1H3,(H2,19,22)/t12-/m0/s1. The number of nitrogens with zero attached hydrogens (tertiary/aromatic N) is 2. The van der Waals surface area contributed by atoms with Crippen LogP contribution in [0.15, 0.2) is 59.1 Å². The van der Waals surface area contributed by atoms with Crippen LogP contribution in [0, 0.1) is 0 Å². The van der Waals surface area contributed by atoms with Gasteiger partial charge < -0.3 is 15.0 Å². The number of ether oxygens (including phenoxy) is 1. The van der Waals surface area contributed by atoms with E-state index >= 15 is 0 Å². The van der Waals surface area contributed by atoms with Gasteiger partial charge in [-0.3, -0.25) is 4.79 Å². The Morgan fingerprint density at radius 3 is 2.54 bits per heavy atom. The van der Waals surface area contributed by atoms with Crippen molar-refractivity contribution in [2.24, 2.45) is 5.73 Å². The van der Waals surface area contributed by atoms with Gasteiger partial charge in [-0.1, -0.05) is 35.5 Å². The first-order valence-electron chi connectivity index (χ1n) is 7.55. The number of amides is 1. The molecule has 2 N–H and O–H groups in total. The molecular weight excluding hydrogens is 306 g/mol. The van der Waals surface area contributed by atoms with Crippen molar-refractivity contribution >= 4 is 5.91 Å². The third-order valence-electron chi connectivity index (χ3n) is 3.49. The normalized spacial score (nSPS) is 11.9. The summed E-state index contributed by atoms with van der Waals surface area (Å²) in [7, 11) is 0. The summed E-state index contributed by atoms with van der Waals surface area (Å²) < 4.78 is 11.0. The number of hydrogen-bond donors (Lipinski definition) is 1. The van der Waals surface area contributed by atoms with Gasteiger partial charge in [0.25, 0.3) is 5.89 Å². The molecule has 1 atom stereocenters.